The minimum Gasteiger partial charge on any atom is -0.380 e. The second-order valence-electron chi connectivity index (χ2n) is 9.38. The van der Waals surface area contributed by atoms with E-state index in [2.05, 4.69) is 25.7 Å². The van der Waals surface area contributed by atoms with Crippen LogP contribution >= 0.6 is 11.6 Å². The topological polar surface area (TPSA) is 133 Å². The third kappa shape index (κ3) is 7.24. The largest absolute Gasteiger partial charge is 0.433 e. The van der Waals surface area contributed by atoms with Crippen LogP contribution < -0.4 is 20.7 Å². The molecule has 0 bridgehead atoms. The molecule has 15 heteroatoms. The Morgan fingerprint density at radius 3 is 2.48 bits per heavy atom. The Morgan fingerprint density at radius 1 is 1.07 bits per heavy atom. The highest BCUT2D eigenvalue weighted by Crippen LogP contribution is 2.35. The Morgan fingerprint density at radius 2 is 1.80 bits per heavy atom. The van der Waals surface area contributed by atoms with E-state index >= 15 is 0 Å². The van der Waals surface area contributed by atoms with E-state index in [1.165, 1.54) is 54.4 Å². The van der Waals surface area contributed by atoms with Gasteiger partial charge in [0, 0.05) is 59.6 Å². The number of carbonyl (C=O) groups excluding carboxylic acids is 2. The molecule has 2 heterocycles. The first-order chi connectivity index (χ1) is 18.7. The molecule has 1 saturated heterocycles. The first-order valence-corrected chi connectivity index (χ1v) is 14.3. The number of rotatable bonds is 6. The van der Waals surface area contributed by atoms with Crippen molar-refractivity contribution in [1.82, 2.24) is 20.5 Å². The van der Waals surface area contributed by atoms with Crippen LogP contribution in [0.3, 0.4) is 0 Å². The number of aromatic nitrogens is 1. The van der Waals surface area contributed by atoms with E-state index in [0.717, 1.165) is 12.3 Å². The summed E-state index contributed by atoms with van der Waals surface area (Å²) in [6, 6.07) is 9.56. The lowest BCUT2D eigenvalue weighted by molar-refractivity contribution is -0.140. The van der Waals surface area contributed by atoms with Crippen molar-refractivity contribution in [2.45, 2.75) is 24.7 Å². The number of benzene rings is 2. The fourth-order valence-corrected chi connectivity index (χ4v) is 5.25. The van der Waals surface area contributed by atoms with Crippen LogP contribution in [-0.4, -0.2) is 68.7 Å². The zero-order chi connectivity index (χ0) is 29.2. The van der Waals surface area contributed by atoms with E-state index in [1.807, 2.05) is 0 Å². The molecule has 0 aliphatic carbocycles. The van der Waals surface area contributed by atoms with Gasteiger partial charge in [0.15, 0.2) is 0 Å². The lowest BCUT2D eigenvalue weighted by Gasteiger charge is -2.38. The summed E-state index contributed by atoms with van der Waals surface area (Å²) in [5.74, 6) is -0.514. The van der Waals surface area contributed by atoms with Gasteiger partial charge in [0.2, 0.25) is 10.0 Å². The maximum absolute atomic E-state index is 13.6. The monoisotopic (exact) mass is 598 g/mol. The molecule has 0 spiro atoms. The minimum atomic E-state index is -4.69. The van der Waals surface area contributed by atoms with Gasteiger partial charge in [-0.15, -0.1) is 0 Å². The van der Waals surface area contributed by atoms with Crippen molar-refractivity contribution in [1.29, 1.82) is 0 Å². The number of hydrogen-bond donors (Lipinski definition) is 4. The number of nitrogens with zero attached hydrogens (tertiary/aromatic N) is 2. The summed E-state index contributed by atoms with van der Waals surface area (Å²) >= 11 is 6.11. The fraction of sp³-hybridized carbons (Fsp3) is 0.320. The van der Waals surface area contributed by atoms with Crippen molar-refractivity contribution in [3.63, 3.8) is 0 Å². The Balaban J connectivity index is 1.60. The van der Waals surface area contributed by atoms with Crippen molar-refractivity contribution >= 4 is 55.8 Å². The molecule has 3 aromatic rings. The average Bonchev–Trinajstić information content (AvgIpc) is 2.86. The van der Waals surface area contributed by atoms with Crippen LogP contribution in [0.25, 0.3) is 10.9 Å². The number of carbonyl (C=O) groups is 2. The van der Waals surface area contributed by atoms with Crippen LogP contribution in [0.1, 0.15) is 22.5 Å². The number of piperidine rings is 1. The third-order valence-electron chi connectivity index (χ3n) is 6.14. The van der Waals surface area contributed by atoms with Gasteiger partial charge in [-0.3, -0.25) is 9.52 Å². The Hall–Kier alpha value is -3.78. The molecule has 40 heavy (non-hydrogen) atoms. The summed E-state index contributed by atoms with van der Waals surface area (Å²) in [6.07, 6.45) is -3.44. The summed E-state index contributed by atoms with van der Waals surface area (Å²) in [7, 11) is -2.11. The van der Waals surface area contributed by atoms with Gasteiger partial charge in [0.25, 0.3) is 5.91 Å². The summed E-state index contributed by atoms with van der Waals surface area (Å²) in [6.45, 7) is 0.285. The molecule has 0 unspecified atom stereocenters. The number of nitrogens with one attached hydrogen (secondary N) is 4. The normalized spacial score (nSPS) is 17.8. The Kier molecular flexibility index (Phi) is 8.30. The lowest BCUT2D eigenvalue weighted by atomic mass is 9.99. The van der Waals surface area contributed by atoms with E-state index < -0.39 is 45.9 Å². The van der Waals surface area contributed by atoms with Crippen molar-refractivity contribution in [3.8, 4) is 0 Å². The van der Waals surface area contributed by atoms with Gasteiger partial charge in [-0.1, -0.05) is 17.7 Å². The number of urea groups is 1. The number of halogens is 4. The highest BCUT2D eigenvalue weighted by Gasteiger charge is 2.35. The van der Waals surface area contributed by atoms with Crippen LogP contribution in [0.2, 0.25) is 5.02 Å². The zero-order valence-corrected chi connectivity index (χ0v) is 22.9. The SMILES string of the molecule is CNC(=O)N1C[C@@H](NC(=O)c2cccc(NS(C)(=O)=O)c2)C[C@@H](Nc2cc(C(F)(F)F)nc3ccc(Cl)cc23)C1. The van der Waals surface area contributed by atoms with E-state index in [0.29, 0.717) is 10.4 Å². The maximum atomic E-state index is 13.6. The quantitative estimate of drug-likeness (QED) is 0.340. The molecule has 4 rings (SSSR count). The van der Waals surface area contributed by atoms with Crippen LogP contribution in [0.15, 0.2) is 48.5 Å². The molecular formula is C25H26ClF3N6O4S. The van der Waals surface area contributed by atoms with Gasteiger partial charge < -0.3 is 20.9 Å². The smallest absolute Gasteiger partial charge is 0.380 e. The second kappa shape index (κ2) is 11.4. The van der Waals surface area contributed by atoms with Crippen molar-refractivity contribution in [3.05, 3.63) is 64.8 Å². The third-order valence-corrected chi connectivity index (χ3v) is 6.98. The fourth-order valence-electron chi connectivity index (χ4n) is 4.52. The Bertz CT molecular complexity index is 1550. The standard InChI is InChI=1S/C25H26ClF3N6O4S/c1-30-24(37)35-12-17(31-21-11-22(25(27,28)29)33-20-7-6-15(26)9-19(20)21)10-18(13-35)32-23(36)14-4-3-5-16(8-14)34-40(2,38)39/h3-9,11,17-18,34H,10,12-13H2,1-2H3,(H,30,37)(H,31,33)(H,32,36)/t17-,18+/m1/s1. The molecule has 10 nitrogen and oxygen atoms in total. The van der Waals surface area contributed by atoms with Crippen molar-refractivity contribution in [2.24, 2.45) is 0 Å². The number of likely N-dealkylation sites (tertiary alicyclic amines) is 1. The van der Waals surface area contributed by atoms with E-state index in [9.17, 15) is 31.2 Å². The highest BCUT2D eigenvalue weighted by molar-refractivity contribution is 7.92. The molecule has 0 radical (unpaired) electrons. The molecular weight excluding hydrogens is 573 g/mol. The van der Waals surface area contributed by atoms with Crippen LogP contribution in [-0.2, 0) is 16.2 Å². The molecule has 2 atom stereocenters. The van der Waals surface area contributed by atoms with E-state index in [-0.39, 0.29) is 42.0 Å². The summed E-state index contributed by atoms with van der Waals surface area (Å²) in [5, 5.41) is 9.15. The van der Waals surface area contributed by atoms with Crippen LogP contribution in [0.5, 0.6) is 0 Å². The maximum Gasteiger partial charge on any atom is 0.433 e. The number of sulfonamides is 1. The van der Waals surface area contributed by atoms with Crippen LogP contribution in [0.4, 0.5) is 29.3 Å². The lowest BCUT2D eigenvalue weighted by Crippen LogP contribution is -2.57. The zero-order valence-electron chi connectivity index (χ0n) is 21.3. The molecule has 3 amide bonds. The minimum absolute atomic E-state index is 0.0909. The van der Waals surface area contributed by atoms with Gasteiger partial charge >= 0.3 is 12.2 Å². The molecule has 1 aromatic heterocycles. The van der Waals surface area contributed by atoms with E-state index in [1.54, 1.807) is 0 Å². The number of amides is 3. The highest BCUT2D eigenvalue weighted by atomic mass is 35.5. The first-order valence-electron chi connectivity index (χ1n) is 12.0. The van der Waals surface area contributed by atoms with E-state index in [4.69, 9.17) is 11.6 Å². The second-order valence-corrected chi connectivity index (χ2v) is 11.6. The summed E-state index contributed by atoms with van der Waals surface area (Å²) in [5.41, 5.74) is -0.480. The number of fused-ring (bicyclic) bond motifs is 1. The van der Waals surface area contributed by atoms with Gasteiger partial charge in [0.1, 0.15) is 5.69 Å². The molecule has 214 valence electrons. The number of pyridine rings is 1. The summed E-state index contributed by atoms with van der Waals surface area (Å²) in [4.78, 5) is 30.7. The van der Waals surface area contributed by atoms with Crippen LogP contribution in [0, 0.1) is 0 Å². The number of alkyl halides is 3. The summed E-state index contributed by atoms with van der Waals surface area (Å²) < 4.78 is 66.2. The molecule has 0 saturated carbocycles. The molecule has 1 fully saturated rings. The first kappa shape index (κ1) is 29.2. The molecule has 2 aromatic carbocycles. The average molecular weight is 599 g/mol. The molecule has 4 N–H and O–H groups in total. The predicted octanol–water partition coefficient (Wildman–Crippen LogP) is 3.90. The molecule has 1 aliphatic heterocycles. The van der Waals surface area contributed by atoms with Gasteiger partial charge in [-0.05, 0) is 48.9 Å². The number of hydrogen-bond acceptors (Lipinski definition) is 6. The van der Waals surface area contributed by atoms with Crippen molar-refractivity contribution < 1.29 is 31.2 Å². The van der Waals surface area contributed by atoms with Gasteiger partial charge in [0.05, 0.1) is 11.8 Å². The van der Waals surface area contributed by atoms with Gasteiger partial charge in [-0.25, -0.2) is 18.2 Å². The predicted molar refractivity (Wildman–Crippen MR) is 146 cm³/mol. The number of anilines is 2. The van der Waals surface area contributed by atoms with Gasteiger partial charge in [-0.2, -0.15) is 13.2 Å². The molecule has 1 aliphatic rings. The Labute approximate surface area is 233 Å². The van der Waals surface area contributed by atoms with Crippen molar-refractivity contribution in [2.75, 3.05) is 36.4 Å².